The predicted molar refractivity (Wildman–Crippen MR) is 66.2 cm³/mol. The molecule has 0 aliphatic heterocycles. The summed E-state index contributed by atoms with van der Waals surface area (Å²) in [5.74, 6) is 0.0751. The van der Waals surface area contributed by atoms with Crippen LogP contribution >= 0.6 is 0 Å². The lowest BCUT2D eigenvalue weighted by Gasteiger charge is -1.99. The third-order valence-electron chi connectivity index (χ3n) is 2.56. The number of nitrogens with one attached hydrogen (secondary N) is 1. The molecule has 19 heavy (non-hydrogen) atoms. The Hall–Kier alpha value is -2.28. The second kappa shape index (κ2) is 5.57. The average Bonchev–Trinajstić information content (AvgIpc) is 2.84. The topological polar surface area (TPSA) is 81.2 Å². The van der Waals surface area contributed by atoms with Gasteiger partial charge in [-0.05, 0) is 19.2 Å². The van der Waals surface area contributed by atoms with Crippen LogP contribution in [-0.2, 0) is 6.42 Å². The highest BCUT2D eigenvalue weighted by Gasteiger charge is 2.19. The Morgan fingerprint density at radius 3 is 3.00 bits per heavy atom. The Morgan fingerprint density at radius 2 is 2.32 bits per heavy atom. The molecule has 7 heteroatoms. The van der Waals surface area contributed by atoms with Crippen LogP contribution in [0.3, 0.4) is 0 Å². The molecule has 2 rings (SSSR count). The number of halogens is 1. The summed E-state index contributed by atoms with van der Waals surface area (Å²) in [4.78, 5) is 14.3. The van der Waals surface area contributed by atoms with Gasteiger partial charge in [-0.2, -0.15) is 0 Å². The van der Waals surface area contributed by atoms with Gasteiger partial charge in [-0.3, -0.25) is 10.1 Å². The van der Waals surface area contributed by atoms with Crippen molar-refractivity contribution < 1.29 is 13.7 Å². The normalized spacial score (nSPS) is 10.6. The third kappa shape index (κ3) is 2.94. The molecular weight excluding hydrogens is 253 g/mol. The van der Waals surface area contributed by atoms with Gasteiger partial charge >= 0.3 is 0 Å². The van der Waals surface area contributed by atoms with E-state index < -0.39 is 10.7 Å². The summed E-state index contributed by atoms with van der Waals surface area (Å²) in [7, 11) is 1.80. The number of aromatic nitrogens is 1. The van der Waals surface area contributed by atoms with E-state index in [1.54, 1.807) is 7.05 Å². The summed E-state index contributed by atoms with van der Waals surface area (Å²) < 4.78 is 18.5. The maximum Gasteiger partial charge on any atom is 0.283 e. The van der Waals surface area contributed by atoms with Crippen LogP contribution in [0.25, 0.3) is 11.3 Å². The van der Waals surface area contributed by atoms with Crippen LogP contribution in [-0.4, -0.2) is 23.5 Å². The quantitative estimate of drug-likeness (QED) is 0.661. The molecule has 1 heterocycles. The molecule has 0 spiro atoms. The van der Waals surface area contributed by atoms with E-state index in [1.807, 2.05) is 0 Å². The SMILES string of the molecule is CNCCc1ncc(-c2ccc(F)cc2[N+](=O)[O-])o1. The van der Waals surface area contributed by atoms with Crippen molar-refractivity contribution in [2.75, 3.05) is 13.6 Å². The number of rotatable bonds is 5. The van der Waals surface area contributed by atoms with Gasteiger partial charge in [0.05, 0.1) is 22.7 Å². The molecule has 0 aliphatic rings. The fraction of sp³-hybridized carbons (Fsp3) is 0.250. The van der Waals surface area contributed by atoms with Crippen molar-refractivity contribution in [2.24, 2.45) is 0 Å². The van der Waals surface area contributed by atoms with Crippen molar-refractivity contribution in [1.29, 1.82) is 0 Å². The van der Waals surface area contributed by atoms with E-state index in [-0.39, 0.29) is 17.0 Å². The average molecular weight is 265 g/mol. The molecule has 0 radical (unpaired) electrons. The fourth-order valence-corrected chi connectivity index (χ4v) is 1.65. The molecule has 6 nitrogen and oxygen atoms in total. The molecule has 0 fully saturated rings. The number of nitro benzene ring substituents is 1. The summed E-state index contributed by atoms with van der Waals surface area (Å²) in [5, 5.41) is 13.8. The van der Waals surface area contributed by atoms with Gasteiger partial charge < -0.3 is 9.73 Å². The van der Waals surface area contributed by atoms with Gasteiger partial charge in [0.25, 0.3) is 5.69 Å². The standard InChI is InChI=1S/C12H12FN3O3/c1-14-5-4-12-15-7-11(19-12)9-3-2-8(13)6-10(9)16(17)18/h2-3,6-7,14H,4-5H2,1H3. The highest BCUT2D eigenvalue weighted by molar-refractivity contribution is 5.68. The highest BCUT2D eigenvalue weighted by Crippen LogP contribution is 2.30. The summed E-state index contributed by atoms with van der Waals surface area (Å²) in [5.41, 5.74) is -0.120. The summed E-state index contributed by atoms with van der Waals surface area (Å²) in [6.45, 7) is 0.686. The van der Waals surface area contributed by atoms with Crippen molar-refractivity contribution in [3.8, 4) is 11.3 Å². The van der Waals surface area contributed by atoms with Crippen LogP contribution in [0.5, 0.6) is 0 Å². The minimum absolute atomic E-state index is 0.217. The number of likely N-dealkylation sites (N-methyl/N-ethyl adjacent to an activating group) is 1. The van der Waals surface area contributed by atoms with E-state index in [2.05, 4.69) is 10.3 Å². The summed E-state index contributed by atoms with van der Waals surface area (Å²) in [6.07, 6.45) is 1.98. The predicted octanol–water partition coefficient (Wildman–Crippen LogP) is 2.15. The van der Waals surface area contributed by atoms with E-state index in [1.165, 1.54) is 12.3 Å². The number of hydrogen-bond acceptors (Lipinski definition) is 5. The smallest absolute Gasteiger partial charge is 0.283 e. The van der Waals surface area contributed by atoms with Crippen LogP contribution < -0.4 is 5.32 Å². The van der Waals surface area contributed by atoms with Crippen molar-refractivity contribution >= 4 is 5.69 Å². The first kappa shape index (κ1) is 13.2. The zero-order valence-electron chi connectivity index (χ0n) is 10.2. The van der Waals surface area contributed by atoms with Gasteiger partial charge in [0.2, 0.25) is 0 Å². The number of hydrogen-bond donors (Lipinski definition) is 1. The van der Waals surface area contributed by atoms with Gasteiger partial charge in [0.15, 0.2) is 11.7 Å². The molecule has 0 unspecified atom stereocenters. The molecule has 1 aromatic carbocycles. The lowest BCUT2D eigenvalue weighted by Crippen LogP contribution is -2.10. The van der Waals surface area contributed by atoms with E-state index in [9.17, 15) is 14.5 Å². The third-order valence-corrected chi connectivity index (χ3v) is 2.56. The minimum atomic E-state index is -0.662. The lowest BCUT2D eigenvalue weighted by molar-refractivity contribution is -0.384. The van der Waals surface area contributed by atoms with Crippen molar-refractivity contribution in [2.45, 2.75) is 6.42 Å². The van der Waals surface area contributed by atoms with Crippen molar-refractivity contribution in [3.05, 3.63) is 46.2 Å². The lowest BCUT2D eigenvalue weighted by atomic mass is 10.1. The molecule has 0 bridgehead atoms. The van der Waals surface area contributed by atoms with Crippen molar-refractivity contribution in [1.82, 2.24) is 10.3 Å². The van der Waals surface area contributed by atoms with E-state index in [4.69, 9.17) is 4.42 Å². The molecule has 1 aromatic heterocycles. The van der Waals surface area contributed by atoms with Crippen LogP contribution in [0.2, 0.25) is 0 Å². The summed E-state index contributed by atoms with van der Waals surface area (Å²) >= 11 is 0. The van der Waals surface area contributed by atoms with Gasteiger partial charge in [-0.1, -0.05) is 0 Å². The number of oxazole rings is 1. The number of benzene rings is 1. The maximum absolute atomic E-state index is 13.0. The maximum atomic E-state index is 13.0. The second-order valence-corrected chi connectivity index (χ2v) is 3.89. The Bertz CT molecular complexity index is 598. The largest absolute Gasteiger partial charge is 0.440 e. The molecule has 2 aromatic rings. The molecule has 0 amide bonds. The molecule has 0 saturated carbocycles. The molecule has 100 valence electrons. The zero-order valence-corrected chi connectivity index (χ0v) is 10.2. The molecular formula is C12H12FN3O3. The zero-order chi connectivity index (χ0) is 13.8. The number of nitrogens with zero attached hydrogens (tertiary/aromatic N) is 2. The molecule has 0 atom stereocenters. The highest BCUT2D eigenvalue weighted by atomic mass is 19.1. The van der Waals surface area contributed by atoms with Gasteiger partial charge in [0.1, 0.15) is 5.82 Å². The van der Waals surface area contributed by atoms with E-state index in [0.29, 0.717) is 18.9 Å². The molecule has 0 aliphatic carbocycles. The molecule has 0 saturated heterocycles. The number of nitro groups is 1. The van der Waals surface area contributed by atoms with Gasteiger partial charge in [-0.15, -0.1) is 0 Å². The summed E-state index contributed by atoms with van der Waals surface area (Å²) in [6, 6.07) is 3.33. The second-order valence-electron chi connectivity index (χ2n) is 3.89. The monoisotopic (exact) mass is 265 g/mol. The van der Waals surface area contributed by atoms with Crippen LogP contribution in [0.15, 0.2) is 28.8 Å². The van der Waals surface area contributed by atoms with Crippen LogP contribution in [0, 0.1) is 15.9 Å². The van der Waals surface area contributed by atoms with Crippen molar-refractivity contribution in [3.63, 3.8) is 0 Å². The van der Waals surface area contributed by atoms with Crippen LogP contribution in [0.1, 0.15) is 5.89 Å². The van der Waals surface area contributed by atoms with E-state index in [0.717, 1.165) is 12.1 Å². The van der Waals surface area contributed by atoms with Crippen LogP contribution in [0.4, 0.5) is 10.1 Å². The van der Waals surface area contributed by atoms with Gasteiger partial charge in [-0.25, -0.2) is 9.37 Å². The minimum Gasteiger partial charge on any atom is -0.440 e. The Kier molecular flexibility index (Phi) is 3.86. The Labute approximate surface area is 108 Å². The first-order valence-corrected chi connectivity index (χ1v) is 5.65. The van der Waals surface area contributed by atoms with E-state index >= 15 is 0 Å². The molecule has 1 N–H and O–H groups in total. The first-order chi connectivity index (χ1) is 9.11. The Balaban J connectivity index is 2.36. The Morgan fingerprint density at radius 1 is 1.53 bits per heavy atom. The van der Waals surface area contributed by atoms with Gasteiger partial charge in [0, 0.05) is 13.0 Å². The first-order valence-electron chi connectivity index (χ1n) is 5.65. The fourth-order valence-electron chi connectivity index (χ4n) is 1.65.